The van der Waals surface area contributed by atoms with Gasteiger partial charge in [0.25, 0.3) is 0 Å². The summed E-state index contributed by atoms with van der Waals surface area (Å²) >= 11 is 0. The molecule has 0 aromatic rings. The number of rotatable bonds is 0. The van der Waals surface area contributed by atoms with Crippen molar-refractivity contribution in [2.75, 3.05) is 0 Å². The summed E-state index contributed by atoms with van der Waals surface area (Å²) in [6.45, 7) is 2.47. The summed E-state index contributed by atoms with van der Waals surface area (Å²) in [4.78, 5) is 0. The molecule has 0 heteroatoms. The maximum atomic E-state index is 2.47. The highest BCUT2D eigenvalue weighted by Gasteiger charge is 2.31. The molecule has 0 nitrogen and oxygen atoms in total. The van der Waals surface area contributed by atoms with Crippen LogP contribution in [-0.4, -0.2) is 0 Å². The summed E-state index contributed by atoms with van der Waals surface area (Å²) in [6, 6.07) is 0. The first-order valence-corrected chi connectivity index (χ1v) is 5.38. The Balaban J connectivity index is 1.99. The normalized spacial score (nSPS) is 45.0. The van der Waals surface area contributed by atoms with Crippen LogP contribution in [0.15, 0.2) is 0 Å². The summed E-state index contributed by atoms with van der Waals surface area (Å²) in [7, 11) is 0. The molecule has 0 unspecified atom stereocenters. The van der Waals surface area contributed by atoms with Crippen molar-refractivity contribution in [2.45, 2.75) is 51.9 Å². The third-order valence-corrected chi connectivity index (χ3v) is 3.93. The highest BCUT2D eigenvalue weighted by atomic mass is 14.4. The van der Waals surface area contributed by atoms with Gasteiger partial charge in [0.1, 0.15) is 0 Å². The van der Waals surface area contributed by atoms with E-state index >= 15 is 0 Å². The first-order chi connectivity index (χ1) is 5.38. The quantitative estimate of drug-likeness (QED) is 0.497. The summed E-state index contributed by atoms with van der Waals surface area (Å²) in [6.07, 6.45) is 10.7. The van der Waals surface area contributed by atoms with Crippen LogP contribution in [0.2, 0.25) is 0 Å². The Bertz CT molecular complexity index is 126. The van der Waals surface area contributed by atoms with Crippen LogP contribution in [0.25, 0.3) is 0 Å². The van der Waals surface area contributed by atoms with Crippen molar-refractivity contribution in [1.82, 2.24) is 0 Å². The lowest BCUT2D eigenvalue weighted by atomic mass is 9.66. The second-order valence-electron chi connectivity index (χ2n) is 4.62. The van der Waals surface area contributed by atoms with Gasteiger partial charge in [-0.2, -0.15) is 0 Å². The minimum absolute atomic E-state index is 1.05. The van der Waals surface area contributed by atoms with Gasteiger partial charge in [-0.05, 0) is 24.2 Å². The Labute approximate surface area is 70.4 Å². The van der Waals surface area contributed by atoms with Crippen molar-refractivity contribution >= 4 is 0 Å². The minimum Gasteiger partial charge on any atom is -0.0622 e. The lowest BCUT2D eigenvalue weighted by Gasteiger charge is -2.39. The molecule has 11 heavy (non-hydrogen) atoms. The number of hydrogen-bond acceptors (Lipinski definition) is 0. The zero-order valence-electron chi connectivity index (χ0n) is 7.68. The predicted octanol–water partition coefficient (Wildman–Crippen LogP) is 3.61. The molecule has 0 aromatic carbocycles. The van der Waals surface area contributed by atoms with Gasteiger partial charge in [-0.15, -0.1) is 0 Å². The molecule has 2 aliphatic rings. The number of hydrogen-bond donors (Lipinski definition) is 0. The van der Waals surface area contributed by atoms with Gasteiger partial charge in [-0.3, -0.25) is 0 Å². The molecule has 64 valence electrons. The summed E-state index contributed by atoms with van der Waals surface area (Å²) in [5.41, 5.74) is 0. The van der Waals surface area contributed by atoms with Crippen molar-refractivity contribution in [2.24, 2.45) is 17.8 Å². The van der Waals surface area contributed by atoms with E-state index in [-0.39, 0.29) is 0 Å². The van der Waals surface area contributed by atoms with Gasteiger partial charge in [0.2, 0.25) is 0 Å². The lowest BCUT2D eigenvalue weighted by Crippen LogP contribution is -2.29. The van der Waals surface area contributed by atoms with Crippen molar-refractivity contribution in [3.8, 4) is 0 Å². The first kappa shape index (κ1) is 7.64. The molecule has 0 bridgehead atoms. The Hall–Kier alpha value is 0. The van der Waals surface area contributed by atoms with Crippen molar-refractivity contribution in [3.63, 3.8) is 0 Å². The zero-order chi connectivity index (χ0) is 7.68. The molecule has 0 spiro atoms. The van der Waals surface area contributed by atoms with E-state index in [2.05, 4.69) is 6.92 Å². The molecule has 2 fully saturated rings. The van der Waals surface area contributed by atoms with Crippen LogP contribution in [0.1, 0.15) is 51.9 Å². The fourth-order valence-electron chi connectivity index (χ4n) is 3.26. The summed E-state index contributed by atoms with van der Waals surface area (Å²) in [5, 5.41) is 0. The molecule has 2 rings (SSSR count). The van der Waals surface area contributed by atoms with Gasteiger partial charge in [0.05, 0.1) is 0 Å². The van der Waals surface area contributed by atoms with E-state index in [4.69, 9.17) is 0 Å². The highest BCUT2D eigenvalue weighted by Crippen LogP contribution is 2.43. The molecule has 0 heterocycles. The average Bonchev–Trinajstić information content (AvgIpc) is 2.06. The summed E-state index contributed by atoms with van der Waals surface area (Å²) in [5.74, 6) is 3.30. The predicted molar refractivity (Wildman–Crippen MR) is 48.5 cm³/mol. The van der Waals surface area contributed by atoms with E-state index in [1.807, 2.05) is 0 Å². The molecule has 2 saturated carbocycles. The van der Waals surface area contributed by atoms with Gasteiger partial charge < -0.3 is 0 Å². The Kier molecular flexibility index (Phi) is 2.20. The Morgan fingerprint density at radius 3 is 2.36 bits per heavy atom. The largest absolute Gasteiger partial charge is 0.0622 e. The molecule has 0 saturated heterocycles. The van der Waals surface area contributed by atoms with Crippen molar-refractivity contribution in [3.05, 3.63) is 0 Å². The maximum absolute atomic E-state index is 2.47. The highest BCUT2D eigenvalue weighted by molar-refractivity contribution is 4.82. The average molecular weight is 152 g/mol. The van der Waals surface area contributed by atoms with Gasteiger partial charge in [-0.1, -0.05) is 45.4 Å². The molecule has 0 aliphatic heterocycles. The van der Waals surface area contributed by atoms with Gasteiger partial charge in [-0.25, -0.2) is 0 Å². The zero-order valence-corrected chi connectivity index (χ0v) is 7.68. The topological polar surface area (TPSA) is 0 Å². The van der Waals surface area contributed by atoms with E-state index in [9.17, 15) is 0 Å². The Morgan fingerprint density at radius 2 is 1.55 bits per heavy atom. The molecule has 0 radical (unpaired) electrons. The fraction of sp³-hybridized carbons (Fsp3) is 1.00. The van der Waals surface area contributed by atoms with Crippen LogP contribution in [0.3, 0.4) is 0 Å². The van der Waals surface area contributed by atoms with E-state index in [0.29, 0.717) is 0 Å². The van der Waals surface area contributed by atoms with E-state index in [1.54, 1.807) is 19.3 Å². The lowest BCUT2D eigenvalue weighted by molar-refractivity contribution is 0.114. The smallest absolute Gasteiger partial charge is 0.0360 e. The third-order valence-electron chi connectivity index (χ3n) is 3.93. The molecule has 0 amide bonds. The second-order valence-corrected chi connectivity index (χ2v) is 4.62. The molecular formula is C11H20. The molecular weight excluding hydrogens is 132 g/mol. The SMILES string of the molecule is C[C@H]1CCC[C@@H]2CCCC[C@@H]21. The first-order valence-electron chi connectivity index (χ1n) is 5.38. The van der Waals surface area contributed by atoms with E-state index < -0.39 is 0 Å². The fourth-order valence-corrected chi connectivity index (χ4v) is 3.26. The molecule has 3 atom stereocenters. The van der Waals surface area contributed by atoms with Crippen LogP contribution >= 0.6 is 0 Å². The second kappa shape index (κ2) is 3.16. The number of fused-ring (bicyclic) bond motifs is 1. The maximum Gasteiger partial charge on any atom is -0.0360 e. The van der Waals surface area contributed by atoms with E-state index in [0.717, 1.165) is 17.8 Å². The van der Waals surface area contributed by atoms with Gasteiger partial charge >= 0.3 is 0 Å². The molecule has 0 N–H and O–H groups in total. The Morgan fingerprint density at radius 1 is 0.818 bits per heavy atom. The van der Waals surface area contributed by atoms with E-state index in [1.165, 1.54) is 25.7 Å². The van der Waals surface area contributed by atoms with Gasteiger partial charge in [0, 0.05) is 0 Å². The van der Waals surface area contributed by atoms with Crippen LogP contribution in [0.4, 0.5) is 0 Å². The van der Waals surface area contributed by atoms with Crippen LogP contribution in [0, 0.1) is 17.8 Å². The molecule has 0 aromatic heterocycles. The van der Waals surface area contributed by atoms with Crippen molar-refractivity contribution in [1.29, 1.82) is 0 Å². The standard InChI is InChI=1S/C11H20/c1-9-5-4-7-10-6-2-3-8-11(9)10/h9-11H,2-8H2,1H3/t9-,10-,11+/m0/s1. The van der Waals surface area contributed by atoms with Crippen molar-refractivity contribution < 1.29 is 0 Å². The van der Waals surface area contributed by atoms with Crippen LogP contribution < -0.4 is 0 Å². The summed E-state index contributed by atoms with van der Waals surface area (Å²) < 4.78 is 0. The van der Waals surface area contributed by atoms with Gasteiger partial charge in [0.15, 0.2) is 0 Å². The molecule has 2 aliphatic carbocycles. The third kappa shape index (κ3) is 1.45. The minimum atomic E-state index is 1.05. The monoisotopic (exact) mass is 152 g/mol. The van der Waals surface area contributed by atoms with Crippen LogP contribution in [0.5, 0.6) is 0 Å². The van der Waals surface area contributed by atoms with Crippen LogP contribution in [-0.2, 0) is 0 Å².